The van der Waals surface area contributed by atoms with E-state index in [4.69, 9.17) is 16.3 Å². The number of hydrogen-bond donors (Lipinski definition) is 2. The Hall–Kier alpha value is -2.72. The van der Waals surface area contributed by atoms with Crippen molar-refractivity contribution in [2.45, 2.75) is 51.3 Å². The van der Waals surface area contributed by atoms with E-state index in [-0.39, 0.29) is 23.3 Å². The highest BCUT2D eigenvalue weighted by atomic mass is 35.5. The number of fused-ring (bicyclic) bond motifs is 1. The normalized spacial score (nSPS) is 27.4. The fourth-order valence-electron chi connectivity index (χ4n) is 6.06. The van der Waals surface area contributed by atoms with Gasteiger partial charge in [-0.25, -0.2) is 4.98 Å². The van der Waals surface area contributed by atoms with Gasteiger partial charge in [-0.3, -0.25) is 14.4 Å². The number of piperazine rings is 1. The lowest BCUT2D eigenvalue weighted by Crippen LogP contribution is -2.60. The van der Waals surface area contributed by atoms with Crippen LogP contribution in [-0.2, 0) is 16.1 Å². The van der Waals surface area contributed by atoms with E-state index >= 15 is 0 Å². The molecule has 0 unspecified atom stereocenters. The first-order chi connectivity index (χ1) is 18.7. The first-order valence-corrected chi connectivity index (χ1v) is 14.3. The predicted molar refractivity (Wildman–Crippen MR) is 152 cm³/mol. The van der Waals surface area contributed by atoms with E-state index in [9.17, 15) is 9.90 Å². The third-order valence-electron chi connectivity index (χ3n) is 8.56. The summed E-state index contributed by atoms with van der Waals surface area (Å²) in [6.07, 6.45) is 3.95. The van der Waals surface area contributed by atoms with Gasteiger partial charge in [-0.05, 0) is 48.9 Å². The molecular formula is C29H37ClN6O3. The third kappa shape index (κ3) is 5.13. The van der Waals surface area contributed by atoms with Crippen LogP contribution in [0.15, 0.2) is 36.7 Å². The van der Waals surface area contributed by atoms with Gasteiger partial charge in [0.2, 0.25) is 5.91 Å². The summed E-state index contributed by atoms with van der Waals surface area (Å²) in [5.74, 6) is 1.19. The zero-order chi connectivity index (χ0) is 27.3. The van der Waals surface area contributed by atoms with Crippen LogP contribution in [0.1, 0.15) is 38.8 Å². The average Bonchev–Trinajstić information content (AvgIpc) is 3.46. The van der Waals surface area contributed by atoms with Gasteiger partial charge in [-0.1, -0.05) is 25.4 Å². The fourth-order valence-corrected chi connectivity index (χ4v) is 6.36. The number of carbonyl (C=O) groups is 1. The van der Waals surface area contributed by atoms with Crippen molar-refractivity contribution in [2.24, 2.45) is 11.8 Å². The van der Waals surface area contributed by atoms with Crippen molar-refractivity contribution >= 4 is 39.8 Å². The predicted octanol–water partition coefficient (Wildman–Crippen LogP) is 3.75. The van der Waals surface area contributed by atoms with Crippen LogP contribution >= 0.6 is 11.6 Å². The molecule has 2 saturated heterocycles. The highest BCUT2D eigenvalue weighted by Gasteiger charge is 2.46. The van der Waals surface area contributed by atoms with Gasteiger partial charge in [-0.15, -0.1) is 0 Å². The van der Waals surface area contributed by atoms with E-state index in [2.05, 4.69) is 52.0 Å². The Morgan fingerprint density at radius 1 is 1.23 bits per heavy atom. The SMILES string of the molecule is CC(C)Cn1nccc1[C@@H]1C[C@H]1C(=O)Nc1cc2cc(N3CCN([C@@]4(C)COC[C@H]4O)CC3)c(Cl)cc2cn1. The van der Waals surface area contributed by atoms with Crippen LogP contribution in [0.25, 0.3) is 10.8 Å². The number of halogens is 1. The highest BCUT2D eigenvalue weighted by molar-refractivity contribution is 6.34. The first-order valence-electron chi connectivity index (χ1n) is 13.9. The van der Waals surface area contributed by atoms with Crippen molar-refractivity contribution in [3.05, 3.63) is 47.4 Å². The number of aromatic nitrogens is 3. The van der Waals surface area contributed by atoms with E-state index < -0.39 is 6.10 Å². The van der Waals surface area contributed by atoms with Crippen LogP contribution < -0.4 is 10.2 Å². The second-order valence-corrected chi connectivity index (χ2v) is 12.3. The van der Waals surface area contributed by atoms with Crippen LogP contribution in [0.3, 0.4) is 0 Å². The number of aliphatic hydroxyl groups excluding tert-OH is 1. The average molecular weight is 553 g/mol. The van der Waals surface area contributed by atoms with Crippen molar-refractivity contribution in [3.8, 4) is 0 Å². The summed E-state index contributed by atoms with van der Waals surface area (Å²) in [5.41, 5.74) is 1.77. The lowest BCUT2D eigenvalue weighted by molar-refractivity contribution is -0.117. The van der Waals surface area contributed by atoms with Crippen molar-refractivity contribution in [1.82, 2.24) is 19.7 Å². The molecular weight excluding hydrogens is 516 g/mol. The van der Waals surface area contributed by atoms with Crippen LogP contribution in [0.5, 0.6) is 0 Å². The number of nitrogens with one attached hydrogen (secondary N) is 1. The lowest BCUT2D eigenvalue weighted by atomic mass is 9.95. The second kappa shape index (κ2) is 10.4. The Bertz CT molecular complexity index is 1370. The molecule has 2 aromatic heterocycles. The molecule has 6 rings (SSSR count). The maximum atomic E-state index is 13.1. The van der Waals surface area contributed by atoms with Gasteiger partial charge in [0.05, 0.1) is 35.6 Å². The van der Waals surface area contributed by atoms with Gasteiger partial charge in [-0.2, -0.15) is 5.10 Å². The number of benzene rings is 1. The van der Waals surface area contributed by atoms with Gasteiger partial charge in [0, 0.05) is 68.0 Å². The molecule has 4 atom stereocenters. The summed E-state index contributed by atoms with van der Waals surface area (Å²) < 4.78 is 7.57. The van der Waals surface area contributed by atoms with Gasteiger partial charge < -0.3 is 20.1 Å². The Labute approximate surface area is 234 Å². The van der Waals surface area contributed by atoms with Gasteiger partial charge in [0.25, 0.3) is 0 Å². The number of pyridine rings is 1. The zero-order valence-corrected chi connectivity index (χ0v) is 23.6. The number of anilines is 2. The number of carbonyl (C=O) groups excluding carboxylic acids is 1. The Morgan fingerprint density at radius 2 is 2.03 bits per heavy atom. The quantitative estimate of drug-likeness (QED) is 0.461. The molecule has 4 heterocycles. The summed E-state index contributed by atoms with van der Waals surface area (Å²) in [6.45, 7) is 11.5. The number of aliphatic hydroxyl groups is 1. The smallest absolute Gasteiger partial charge is 0.229 e. The van der Waals surface area contributed by atoms with Gasteiger partial charge in [0.15, 0.2) is 0 Å². The number of nitrogens with zero attached hydrogens (tertiary/aromatic N) is 5. The maximum Gasteiger partial charge on any atom is 0.229 e. The minimum Gasteiger partial charge on any atom is -0.389 e. The summed E-state index contributed by atoms with van der Waals surface area (Å²) >= 11 is 6.71. The summed E-state index contributed by atoms with van der Waals surface area (Å²) in [6, 6.07) is 7.99. The molecule has 2 N–H and O–H groups in total. The molecule has 1 aliphatic carbocycles. The molecule has 1 saturated carbocycles. The monoisotopic (exact) mass is 552 g/mol. The Morgan fingerprint density at radius 3 is 2.74 bits per heavy atom. The molecule has 10 heteroatoms. The van der Waals surface area contributed by atoms with E-state index in [1.807, 2.05) is 29.1 Å². The van der Waals surface area contributed by atoms with Crippen molar-refractivity contribution in [1.29, 1.82) is 0 Å². The molecule has 1 aromatic carbocycles. The zero-order valence-electron chi connectivity index (χ0n) is 22.8. The number of amides is 1. The molecule has 0 spiro atoms. The second-order valence-electron chi connectivity index (χ2n) is 11.9. The van der Waals surface area contributed by atoms with E-state index in [1.165, 1.54) is 0 Å². The fraction of sp³-hybridized carbons (Fsp3) is 0.552. The topological polar surface area (TPSA) is 95.8 Å². The standard InChI is InChI=1S/C29H37ClN6O3/c1-18(2)15-36-24(4-5-32-36)21-13-22(21)28(38)33-27-12-19-11-25(23(30)10-20(19)14-31-27)34-6-8-35(9-7-34)29(3)17-39-16-26(29)37/h4-5,10-12,14,18,21-22,26,37H,6-9,13,15-17H2,1-3H3,(H,31,33,38)/t21-,22-,26-,29+/m1/s1. The first kappa shape index (κ1) is 26.5. The Kier molecular flexibility index (Phi) is 7.03. The summed E-state index contributed by atoms with van der Waals surface area (Å²) in [7, 11) is 0. The lowest BCUT2D eigenvalue weighted by Gasteiger charge is -2.45. The number of ether oxygens (including phenoxy) is 1. The largest absolute Gasteiger partial charge is 0.389 e. The third-order valence-corrected chi connectivity index (χ3v) is 8.87. The summed E-state index contributed by atoms with van der Waals surface area (Å²) in [5, 5.41) is 20.5. The van der Waals surface area contributed by atoms with Crippen LogP contribution in [0, 0.1) is 11.8 Å². The molecule has 3 aliphatic rings. The van der Waals surface area contributed by atoms with Crippen molar-refractivity contribution < 1.29 is 14.6 Å². The molecule has 9 nitrogen and oxygen atoms in total. The molecule has 3 fully saturated rings. The molecule has 1 amide bonds. The number of rotatable bonds is 7. The molecule has 208 valence electrons. The Balaban J connectivity index is 1.13. The molecule has 2 aliphatic heterocycles. The van der Waals surface area contributed by atoms with Gasteiger partial charge in [0.1, 0.15) is 5.82 Å². The maximum absolute atomic E-state index is 13.1. The van der Waals surface area contributed by atoms with Crippen LogP contribution in [0.2, 0.25) is 5.02 Å². The minimum absolute atomic E-state index is 0.000954. The van der Waals surface area contributed by atoms with Crippen molar-refractivity contribution in [2.75, 3.05) is 49.6 Å². The van der Waals surface area contributed by atoms with E-state index in [1.54, 1.807) is 6.20 Å². The molecule has 0 radical (unpaired) electrons. The van der Waals surface area contributed by atoms with E-state index in [0.29, 0.717) is 30.0 Å². The van der Waals surface area contributed by atoms with Crippen LogP contribution in [0.4, 0.5) is 11.5 Å². The molecule has 39 heavy (non-hydrogen) atoms. The minimum atomic E-state index is -0.470. The van der Waals surface area contributed by atoms with Crippen molar-refractivity contribution in [3.63, 3.8) is 0 Å². The van der Waals surface area contributed by atoms with Gasteiger partial charge >= 0.3 is 0 Å². The highest BCUT2D eigenvalue weighted by Crippen LogP contribution is 2.48. The molecule has 0 bridgehead atoms. The molecule has 3 aromatic rings. The summed E-state index contributed by atoms with van der Waals surface area (Å²) in [4.78, 5) is 22.2. The van der Waals surface area contributed by atoms with E-state index in [0.717, 1.165) is 61.3 Å². The van der Waals surface area contributed by atoms with Crippen LogP contribution in [-0.4, -0.2) is 81.7 Å². The number of hydrogen-bond acceptors (Lipinski definition) is 7.